The average Bonchev–Trinajstić information content (AvgIpc) is 2.72. The van der Waals surface area contributed by atoms with Gasteiger partial charge in [-0.2, -0.15) is 0 Å². The van der Waals surface area contributed by atoms with Gasteiger partial charge in [-0.05, 0) is 32.1 Å². The molecule has 1 saturated carbocycles. The Kier molecular flexibility index (Phi) is 3.82. The van der Waals surface area contributed by atoms with Gasteiger partial charge >= 0.3 is 0 Å². The Morgan fingerprint density at radius 2 is 2.25 bits per heavy atom. The molecular formula is C12H22N2O2. The second kappa shape index (κ2) is 5.15. The third-order valence-corrected chi connectivity index (χ3v) is 3.84. The molecule has 1 heterocycles. The first-order valence-electron chi connectivity index (χ1n) is 6.38. The minimum Gasteiger partial charge on any atom is -0.394 e. The minimum absolute atomic E-state index is 0.00527. The molecule has 2 aliphatic rings. The van der Waals surface area contributed by atoms with E-state index in [1.165, 1.54) is 25.7 Å². The molecule has 3 N–H and O–H groups in total. The van der Waals surface area contributed by atoms with E-state index < -0.39 is 0 Å². The van der Waals surface area contributed by atoms with Crippen LogP contribution in [-0.4, -0.2) is 35.7 Å². The topological polar surface area (TPSA) is 61.4 Å². The van der Waals surface area contributed by atoms with E-state index in [9.17, 15) is 4.79 Å². The molecule has 3 unspecified atom stereocenters. The lowest BCUT2D eigenvalue weighted by atomic mass is 9.85. The lowest BCUT2D eigenvalue weighted by Gasteiger charge is -2.24. The van der Waals surface area contributed by atoms with Gasteiger partial charge in [0.2, 0.25) is 5.91 Å². The number of carbonyl (C=O) groups excluding carboxylic acids is 1. The van der Waals surface area contributed by atoms with Gasteiger partial charge in [-0.1, -0.05) is 12.8 Å². The predicted molar refractivity (Wildman–Crippen MR) is 62.0 cm³/mol. The SMILES string of the molecule is C[C@H](CO)NC(=O)C1CC2CCCCC2N1. The second-order valence-corrected chi connectivity index (χ2v) is 5.20. The fourth-order valence-electron chi connectivity index (χ4n) is 2.91. The van der Waals surface area contributed by atoms with E-state index in [4.69, 9.17) is 5.11 Å². The average molecular weight is 226 g/mol. The number of hydrogen-bond acceptors (Lipinski definition) is 3. The summed E-state index contributed by atoms with van der Waals surface area (Å²) in [6.45, 7) is 1.82. The van der Waals surface area contributed by atoms with E-state index in [0.29, 0.717) is 12.0 Å². The van der Waals surface area contributed by atoms with Gasteiger partial charge in [-0.25, -0.2) is 0 Å². The molecule has 2 fully saturated rings. The van der Waals surface area contributed by atoms with Crippen LogP contribution < -0.4 is 10.6 Å². The van der Waals surface area contributed by atoms with Gasteiger partial charge in [0.25, 0.3) is 0 Å². The Morgan fingerprint density at radius 3 is 2.94 bits per heavy atom. The summed E-state index contributed by atoms with van der Waals surface area (Å²) in [6, 6.07) is 0.368. The van der Waals surface area contributed by atoms with Crippen LogP contribution in [0.25, 0.3) is 0 Å². The van der Waals surface area contributed by atoms with Crippen LogP contribution in [0, 0.1) is 5.92 Å². The summed E-state index contributed by atoms with van der Waals surface area (Å²) >= 11 is 0. The standard InChI is InChI=1S/C12H22N2O2/c1-8(7-15)13-12(16)11-6-9-4-2-3-5-10(9)14-11/h8-11,14-15H,2-7H2,1H3,(H,13,16)/t8-,9?,10?,11?/m1/s1. The van der Waals surface area contributed by atoms with Crippen molar-refractivity contribution in [2.24, 2.45) is 5.92 Å². The van der Waals surface area contributed by atoms with Gasteiger partial charge in [0.15, 0.2) is 0 Å². The molecule has 0 aromatic heterocycles. The van der Waals surface area contributed by atoms with E-state index in [1.54, 1.807) is 0 Å². The smallest absolute Gasteiger partial charge is 0.237 e. The van der Waals surface area contributed by atoms with Crippen LogP contribution in [0.15, 0.2) is 0 Å². The van der Waals surface area contributed by atoms with Crippen LogP contribution in [0.2, 0.25) is 0 Å². The Morgan fingerprint density at radius 1 is 1.50 bits per heavy atom. The molecule has 0 aromatic carbocycles. The quantitative estimate of drug-likeness (QED) is 0.653. The van der Waals surface area contributed by atoms with Crippen LogP contribution in [-0.2, 0) is 4.79 Å². The van der Waals surface area contributed by atoms with Crippen molar-refractivity contribution in [2.75, 3.05) is 6.61 Å². The highest BCUT2D eigenvalue weighted by atomic mass is 16.3. The summed E-state index contributed by atoms with van der Waals surface area (Å²) in [5.74, 6) is 0.741. The molecule has 0 bridgehead atoms. The van der Waals surface area contributed by atoms with Gasteiger partial charge < -0.3 is 15.7 Å². The number of nitrogens with one attached hydrogen (secondary N) is 2. The van der Waals surface area contributed by atoms with Crippen molar-refractivity contribution in [3.63, 3.8) is 0 Å². The third kappa shape index (κ3) is 2.55. The summed E-state index contributed by atoms with van der Waals surface area (Å²) in [5.41, 5.74) is 0. The minimum atomic E-state index is -0.142. The molecule has 2 rings (SSSR count). The third-order valence-electron chi connectivity index (χ3n) is 3.84. The molecule has 0 aromatic rings. The van der Waals surface area contributed by atoms with Crippen LogP contribution >= 0.6 is 0 Å². The number of fused-ring (bicyclic) bond motifs is 1. The largest absolute Gasteiger partial charge is 0.394 e. The molecule has 4 atom stereocenters. The highest BCUT2D eigenvalue weighted by molar-refractivity contribution is 5.82. The summed E-state index contributed by atoms with van der Waals surface area (Å²) in [4.78, 5) is 11.9. The molecule has 1 aliphatic heterocycles. The van der Waals surface area contributed by atoms with Crippen LogP contribution in [0.1, 0.15) is 39.0 Å². The summed E-state index contributed by atoms with van der Waals surface area (Å²) in [7, 11) is 0. The predicted octanol–water partition coefficient (Wildman–Crippen LogP) is 0.404. The van der Waals surface area contributed by atoms with E-state index >= 15 is 0 Å². The van der Waals surface area contributed by atoms with E-state index in [0.717, 1.165) is 6.42 Å². The van der Waals surface area contributed by atoms with Gasteiger partial charge in [0.1, 0.15) is 0 Å². The fourth-order valence-corrected chi connectivity index (χ4v) is 2.91. The molecule has 1 amide bonds. The molecular weight excluding hydrogens is 204 g/mol. The molecule has 1 aliphatic carbocycles. The Labute approximate surface area is 96.8 Å². The molecule has 1 saturated heterocycles. The Balaban J connectivity index is 1.85. The fraction of sp³-hybridized carbons (Fsp3) is 0.917. The zero-order chi connectivity index (χ0) is 11.5. The van der Waals surface area contributed by atoms with Crippen LogP contribution in [0.3, 0.4) is 0 Å². The number of rotatable bonds is 3. The van der Waals surface area contributed by atoms with Gasteiger partial charge in [-0.15, -0.1) is 0 Å². The number of hydrogen-bond donors (Lipinski definition) is 3. The van der Waals surface area contributed by atoms with Gasteiger partial charge in [-0.3, -0.25) is 4.79 Å². The highest BCUT2D eigenvalue weighted by Gasteiger charge is 2.38. The molecule has 4 heteroatoms. The number of aliphatic hydroxyl groups excluding tert-OH is 1. The normalized spacial score (nSPS) is 35.5. The van der Waals surface area contributed by atoms with Crippen molar-refractivity contribution in [2.45, 2.75) is 57.2 Å². The second-order valence-electron chi connectivity index (χ2n) is 5.20. The first-order valence-corrected chi connectivity index (χ1v) is 6.38. The van der Waals surface area contributed by atoms with Crippen LogP contribution in [0.4, 0.5) is 0 Å². The molecule has 16 heavy (non-hydrogen) atoms. The monoisotopic (exact) mass is 226 g/mol. The zero-order valence-corrected chi connectivity index (χ0v) is 9.91. The molecule has 4 nitrogen and oxygen atoms in total. The molecule has 0 radical (unpaired) electrons. The highest BCUT2D eigenvalue weighted by Crippen LogP contribution is 2.33. The van der Waals surface area contributed by atoms with E-state index in [-0.39, 0.29) is 24.6 Å². The Bertz CT molecular complexity index is 243. The van der Waals surface area contributed by atoms with Crippen molar-refractivity contribution in [3.8, 4) is 0 Å². The Hall–Kier alpha value is -0.610. The lowest BCUT2D eigenvalue weighted by molar-refractivity contribution is -0.123. The number of amides is 1. The first kappa shape index (κ1) is 11.9. The summed E-state index contributed by atoms with van der Waals surface area (Å²) < 4.78 is 0. The van der Waals surface area contributed by atoms with E-state index in [1.807, 2.05) is 6.92 Å². The van der Waals surface area contributed by atoms with Crippen molar-refractivity contribution in [3.05, 3.63) is 0 Å². The summed E-state index contributed by atoms with van der Waals surface area (Å²) in [5, 5.41) is 15.2. The summed E-state index contributed by atoms with van der Waals surface area (Å²) in [6.07, 6.45) is 6.04. The maximum absolute atomic E-state index is 11.9. The maximum atomic E-state index is 11.9. The number of carbonyl (C=O) groups is 1. The van der Waals surface area contributed by atoms with Crippen molar-refractivity contribution < 1.29 is 9.90 Å². The lowest BCUT2D eigenvalue weighted by Crippen LogP contribution is -2.46. The molecule has 92 valence electrons. The number of aliphatic hydroxyl groups is 1. The van der Waals surface area contributed by atoms with Crippen molar-refractivity contribution in [1.82, 2.24) is 10.6 Å². The van der Waals surface area contributed by atoms with Crippen molar-refractivity contribution in [1.29, 1.82) is 0 Å². The molecule has 0 spiro atoms. The maximum Gasteiger partial charge on any atom is 0.237 e. The first-order chi connectivity index (χ1) is 7.70. The van der Waals surface area contributed by atoms with E-state index in [2.05, 4.69) is 10.6 Å². The van der Waals surface area contributed by atoms with Gasteiger partial charge in [0, 0.05) is 12.1 Å². The van der Waals surface area contributed by atoms with Crippen LogP contribution in [0.5, 0.6) is 0 Å². The van der Waals surface area contributed by atoms with Crippen molar-refractivity contribution >= 4 is 5.91 Å². The van der Waals surface area contributed by atoms with Gasteiger partial charge in [0.05, 0.1) is 12.6 Å². The zero-order valence-electron chi connectivity index (χ0n) is 9.91.